The number of benzene rings is 1. The third-order valence-corrected chi connectivity index (χ3v) is 4.83. The van der Waals surface area contributed by atoms with Gasteiger partial charge in [-0.3, -0.25) is 4.90 Å². The summed E-state index contributed by atoms with van der Waals surface area (Å²) in [5.41, 5.74) is 7.75. The fourth-order valence-corrected chi connectivity index (χ4v) is 2.74. The van der Waals surface area contributed by atoms with Crippen LogP contribution in [0.3, 0.4) is 0 Å². The van der Waals surface area contributed by atoms with Crippen molar-refractivity contribution in [1.29, 1.82) is 0 Å². The normalized spacial score (nSPS) is 11.9. The van der Waals surface area contributed by atoms with E-state index in [-0.39, 0.29) is 11.5 Å². The summed E-state index contributed by atoms with van der Waals surface area (Å²) in [5, 5.41) is 0. The van der Waals surface area contributed by atoms with Gasteiger partial charge in [0.1, 0.15) is 0 Å². The van der Waals surface area contributed by atoms with E-state index in [1.807, 2.05) is 24.3 Å². The monoisotopic (exact) mass is 284 g/mol. The summed E-state index contributed by atoms with van der Waals surface area (Å²) in [5.74, 6) is 0.427. The van der Waals surface area contributed by atoms with Crippen molar-refractivity contribution in [3.63, 3.8) is 0 Å². The zero-order valence-corrected chi connectivity index (χ0v) is 12.6. The molecular formula is C14H24N2O2S. The quantitative estimate of drug-likeness (QED) is 0.741. The smallest absolute Gasteiger partial charge is 0.151 e. The Morgan fingerprint density at radius 1 is 1.16 bits per heavy atom. The van der Waals surface area contributed by atoms with E-state index in [2.05, 4.69) is 11.8 Å². The first-order valence-electron chi connectivity index (χ1n) is 6.74. The average Bonchev–Trinajstić information content (AvgIpc) is 2.39. The SMILES string of the molecule is CCCN(CCS(=O)(=O)CC)Cc1ccccc1N. The minimum atomic E-state index is -2.91. The molecule has 0 fully saturated rings. The number of sulfone groups is 1. The van der Waals surface area contributed by atoms with Gasteiger partial charge in [0, 0.05) is 24.5 Å². The van der Waals surface area contributed by atoms with Gasteiger partial charge in [0.15, 0.2) is 9.84 Å². The van der Waals surface area contributed by atoms with E-state index in [0.29, 0.717) is 13.1 Å². The number of nitrogen functional groups attached to an aromatic ring is 1. The molecule has 0 unspecified atom stereocenters. The van der Waals surface area contributed by atoms with Crippen LogP contribution in [0.4, 0.5) is 5.69 Å². The lowest BCUT2D eigenvalue weighted by molar-refractivity contribution is 0.282. The highest BCUT2D eigenvalue weighted by Gasteiger charge is 2.12. The van der Waals surface area contributed by atoms with Crippen molar-refractivity contribution in [2.75, 3.05) is 30.3 Å². The second kappa shape index (κ2) is 7.50. The van der Waals surface area contributed by atoms with Crippen LogP contribution in [0.15, 0.2) is 24.3 Å². The van der Waals surface area contributed by atoms with Gasteiger partial charge in [0.2, 0.25) is 0 Å². The molecule has 1 aromatic rings. The van der Waals surface area contributed by atoms with Gasteiger partial charge in [-0.05, 0) is 24.6 Å². The third-order valence-electron chi connectivity index (χ3n) is 3.15. The van der Waals surface area contributed by atoms with Gasteiger partial charge in [-0.2, -0.15) is 0 Å². The van der Waals surface area contributed by atoms with Crippen LogP contribution in [0.2, 0.25) is 0 Å². The van der Waals surface area contributed by atoms with E-state index >= 15 is 0 Å². The van der Waals surface area contributed by atoms with Crippen LogP contribution in [0.5, 0.6) is 0 Å². The Labute approximate surface area is 116 Å². The van der Waals surface area contributed by atoms with Gasteiger partial charge < -0.3 is 5.73 Å². The second-order valence-electron chi connectivity index (χ2n) is 4.71. The Hall–Kier alpha value is -1.07. The molecular weight excluding hydrogens is 260 g/mol. The van der Waals surface area contributed by atoms with Crippen LogP contribution in [0.25, 0.3) is 0 Å². The maximum absolute atomic E-state index is 11.6. The zero-order valence-electron chi connectivity index (χ0n) is 11.8. The molecule has 0 aliphatic rings. The lowest BCUT2D eigenvalue weighted by atomic mass is 10.1. The molecule has 4 nitrogen and oxygen atoms in total. The molecule has 5 heteroatoms. The number of nitrogens with two attached hydrogens (primary N) is 1. The molecule has 0 saturated heterocycles. The fraction of sp³-hybridized carbons (Fsp3) is 0.571. The Morgan fingerprint density at radius 3 is 2.42 bits per heavy atom. The van der Waals surface area contributed by atoms with Gasteiger partial charge in [0.05, 0.1) is 5.75 Å². The first-order valence-corrected chi connectivity index (χ1v) is 8.56. The molecule has 0 bridgehead atoms. The maximum Gasteiger partial charge on any atom is 0.151 e. The standard InChI is InChI=1S/C14H24N2O2S/c1-3-9-16(10-11-19(17,18)4-2)12-13-7-5-6-8-14(13)15/h5-8H,3-4,9-12,15H2,1-2H3. The molecule has 2 N–H and O–H groups in total. The molecule has 0 atom stereocenters. The van der Waals surface area contributed by atoms with Crippen LogP contribution in [0.1, 0.15) is 25.8 Å². The molecule has 108 valence electrons. The molecule has 0 saturated carbocycles. The molecule has 0 amide bonds. The molecule has 0 radical (unpaired) electrons. The third kappa shape index (κ3) is 5.61. The van der Waals surface area contributed by atoms with E-state index in [1.165, 1.54) is 0 Å². The molecule has 1 rings (SSSR count). The highest BCUT2D eigenvalue weighted by Crippen LogP contribution is 2.13. The van der Waals surface area contributed by atoms with Crippen LogP contribution in [-0.4, -0.2) is 37.9 Å². The molecule has 0 heterocycles. The van der Waals surface area contributed by atoms with Crippen molar-refractivity contribution in [1.82, 2.24) is 4.90 Å². The zero-order chi connectivity index (χ0) is 14.3. The van der Waals surface area contributed by atoms with Crippen LogP contribution >= 0.6 is 0 Å². The van der Waals surface area contributed by atoms with Crippen LogP contribution < -0.4 is 5.73 Å². The Balaban J connectivity index is 2.66. The van der Waals surface area contributed by atoms with Crippen LogP contribution in [0, 0.1) is 0 Å². The number of anilines is 1. The summed E-state index contributed by atoms with van der Waals surface area (Å²) >= 11 is 0. The van der Waals surface area contributed by atoms with Gasteiger partial charge in [-0.15, -0.1) is 0 Å². The molecule has 0 aromatic heterocycles. The molecule has 0 aliphatic heterocycles. The first-order chi connectivity index (χ1) is 8.98. The molecule has 0 aliphatic carbocycles. The first kappa shape index (κ1) is 16.0. The highest BCUT2D eigenvalue weighted by atomic mass is 32.2. The molecule has 0 spiro atoms. The fourth-order valence-electron chi connectivity index (χ4n) is 1.92. The summed E-state index contributed by atoms with van der Waals surface area (Å²) in [7, 11) is -2.91. The van der Waals surface area contributed by atoms with E-state index in [1.54, 1.807) is 6.92 Å². The highest BCUT2D eigenvalue weighted by molar-refractivity contribution is 7.91. The Kier molecular flexibility index (Phi) is 6.31. The van der Waals surface area contributed by atoms with Gasteiger partial charge in [-0.25, -0.2) is 8.42 Å². The Bertz CT molecular complexity index is 486. The van der Waals surface area contributed by atoms with E-state index in [4.69, 9.17) is 5.73 Å². The lowest BCUT2D eigenvalue weighted by Gasteiger charge is -2.22. The van der Waals surface area contributed by atoms with E-state index in [0.717, 1.165) is 24.2 Å². The Morgan fingerprint density at radius 2 is 1.84 bits per heavy atom. The topological polar surface area (TPSA) is 63.4 Å². The number of nitrogens with zero attached hydrogens (tertiary/aromatic N) is 1. The minimum absolute atomic E-state index is 0.209. The average molecular weight is 284 g/mol. The summed E-state index contributed by atoms with van der Waals surface area (Å²) in [4.78, 5) is 2.15. The lowest BCUT2D eigenvalue weighted by Crippen LogP contribution is -2.30. The number of hydrogen-bond donors (Lipinski definition) is 1. The number of rotatable bonds is 8. The van der Waals surface area contributed by atoms with Gasteiger partial charge in [0.25, 0.3) is 0 Å². The minimum Gasteiger partial charge on any atom is -0.398 e. The number of para-hydroxylation sites is 1. The molecule has 19 heavy (non-hydrogen) atoms. The van der Waals surface area contributed by atoms with Crippen LogP contribution in [-0.2, 0) is 16.4 Å². The number of hydrogen-bond acceptors (Lipinski definition) is 4. The van der Waals surface area contributed by atoms with Crippen molar-refractivity contribution in [3.05, 3.63) is 29.8 Å². The maximum atomic E-state index is 11.6. The van der Waals surface area contributed by atoms with Crippen molar-refractivity contribution < 1.29 is 8.42 Å². The van der Waals surface area contributed by atoms with E-state index in [9.17, 15) is 8.42 Å². The predicted octanol–water partition coefficient (Wildman–Crippen LogP) is 1.92. The summed E-state index contributed by atoms with van der Waals surface area (Å²) in [6.07, 6.45) is 0.999. The van der Waals surface area contributed by atoms with Crippen molar-refractivity contribution in [2.24, 2.45) is 0 Å². The largest absolute Gasteiger partial charge is 0.398 e. The summed E-state index contributed by atoms with van der Waals surface area (Å²) in [6, 6.07) is 7.73. The van der Waals surface area contributed by atoms with Crippen molar-refractivity contribution in [2.45, 2.75) is 26.8 Å². The predicted molar refractivity (Wildman–Crippen MR) is 80.8 cm³/mol. The van der Waals surface area contributed by atoms with E-state index < -0.39 is 9.84 Å². The van der Waals surface area contributed by atoms with Crippen molar-refractivity contribution >= 4 is 15.5 Å². The summed E-state index contributed by atoms with van der Waals surface area (Å²) in [6.45, 7) is 5.94. The second-order valence-corrected chi connectivity index (χ2v) is 7.18. The van der Waals surface area contributed by atoms with Gasteiger partial charge in [-0.1, -0.05) is 32.0 Å². The molecule has 1 aromatic carbocycles. The van der Waals surface area contributed by atoms with Crippen molar-refractivity contribution in [3.8, 4) is 0 Å². The summed E-state index contributed by atoms with van der Waals surface area (Å²) < 4.78 is 23.2. The van der Waals surface area contributed by atoms with Gasteiger partial charge >= 0.3 is 0 Å².